The number of benzene rings is 1. The maximum Gasteiger partial charge on any atom is 0.0924 e. The number of rotatable bonds is 0. The molecule has 0 atom stereocenters. The molecule has 1 aromatic carbocycles. The third kappa shape index (κ3) is 1.94. The fourth-order valence-corrected chi connectivity index (χ4v) is 1.24. The van der Waals surface area contributed by atoms with Gasteiger partial charge in [-0.05, 0) is 18.2 Å². The third-order valence-corrected chi connectivity index (χ3v) is 1.79. The van der Waals surface area contributed by atoms with Gasteiger partial charge in [0.15, 0.2) is 0 Å². The normalized spacial score (nSPS) is 8.57. The second kappa shape index (κ2) is 4.48. The highest BCUT2D eigenvalue weighted by molar-refractivity contribution is 5.79. The third-order valence-electron chi connectivity index (χ3n) is 1.79. The lowest BCUT2D eigenvalue weighted by Gasteiger charge is -1.88. The lowest BCUT2D eigenvalue weighted by molar-refractivity contribution is 0.780. The predicted molar refractivity (Wildman–Crippen MR) is 62.1 cm³/mol. The summed E-state index contributed by atoms with van der Waals surface area (Å²) >= 11 is 0. The summed E-state index contributed by atoms with van der Waals surface area (Å²) in [7, 11) is 1.90. The summed E-state index contributed by atoms with van der Waals surface area (Å²) in [6, 6.07) is 5.79. The SMILES string of the molecule is C.C.C#Cc1ccc2nn(C)cc2c1. The molecule has 0 aliphatic rings. The number of terminal acetylenes is 1. The number of hydrogen-bond acceptors (Lipinski definition) is 1. The fourth-order valence-electron chi connectivity index (χ4n) is 1.24. The van der Waals surface area contributed by atoms with Gasteiger partial charge in [-0.25, -0.2) is 0 Å². The van der Waals surface area contributed by atoms with E-state index < -0.39 is 0 Å². The zero-order valence-electron chi connectivity index (χ0n) is 6.78. The van der Waals surface area contributed by atoms with Crippen molar-refractivity contribution in [3.8, 4) is 12.3 Å². The highest BCUT2D eigenvalue weighted by Gasteiger charge is 1.97. The van der Waals surface area contributed by atoms with E-state index in [9.17, 15) is 0 Å². The Kier molecular flexibility index (Phi) is 3.92. The van der Waals surface area contributed by atoms with Crippen LogP contribution in [0.3, 0.4) is 0 Å². The molecule has 0 amide bonds. The van der Waals surface area contributed by atoms with Crippen molar-refractivity contribution in [3.05, 3.63) is 30.0 Å². The zero-order valence-corrected chi connectivity index (χ0v) is 6.78. The van der Waals surface area contributed by atoms with Gasteiger partial charge >= 0.3 is 0 Å². The van der Waals surface area contributed by atoms with Gasteiger partial charge in [-0.2, -0.15) is 5.10 Å². The number of aromatic nitrogens is 2. The molecule has 2 heteroatoms. The van der Waals surface area contributed by atoms with Gasteiger partial charge in [0, 0.05) is 24.2 Å². The van der Waals surface area contributed by atoms with E-state index in [0.29, 0.717) is 0 Å². The van der Waals surface area contributed by atoms with Gasteiger partial charge in [-0.15, -0.1) is 6.42 Å². The van der Waals surface area contributed by atoms with Crippen LogP contribution in [-0.2, 0) is 7.05 Å². The fraction of sp³-hybridized carbons (Fsp3) is 0.250. The maximum absolute atomic E-state index is 5.27. The van der Waals surface area contributed by atoms with E-state index in [0.717, 1.165) is 16.5 Å². The molecule has 0 aliphatic heterocycles. The van der Waals surface area contributed by atoms with Gasteiger partial charge in [-0.3, -0.25) is 4.68 Å². The zero-order chi connectivity index (χ0) is 8.55. The molecular weight excluding hydrogens is 172 g/mol. The summed E-state index contributed by atoms with van der Waals surface area (Å²) < 4.78 is 1.78. The van der Waals surface area contributed by atoms with Crippen LogP contribution in [0.5, 0.6) is 0 Å². The molecule has 14 heavy (non-hydrogen) atoms. The number of hydrogen-bond donors (Lipinski definition) is 0. The summed E-state index contributed by atoms with van der Waals surface area (Å²) in [5, 5.41) is 5.33. The quantitative estimate of drug-likeness (QED) is 0.581. The molecule has 2 aromatic rings. The minimum atomic E-state index is 0. The molecule has 0 fully saturated rings. The van der Waals surface area contributed by atoms with Crippen LogP contribution in [-0.4, -0.2) is 9.78 Å². The second-order valence-corrected chi connectivity index (χ2v) is 2.72. The topological polar surface area (TPSA) is 17.8 Å². The van der Waals surface area contributed by atoms with Crippen molar-refractivity contribution in [1.29, 1.82) is 0 Å². The van der Waals surface area contributed by atoms with Gasteiger partial charge in [0.2, 0.25) is 0 Å². The maximum atomic E-state index is 5.27. The lowest BCUT2D eigenvalue weighted by Crippen LogP contribution is -1.84. The smallest absolute Gasteiger partial charge is 0.0924 e. The molecule has 0 unspecified atom stereocenters. The van der Waals surface area contributed by atoms with Crippen LogP contribution in [0.2, 0.25) is 0 Å². The monoisotopic (exact) mass is 188 g/mol. The van der Waals surface area contributed by atoms with Crippen LogP contribution >= 0.6 is 0 Å². The Labute approximate surface area is 85.6 Å². The average Bonchev–Trinajstić information content (AvgIpc) is 2.43. The first-order chi connectivity index (χ1) is 5.79. The Morgan fingerprint density at radius 2 is 2.07 bits per heavy atom. The minimum absolute atomic E-state index is 0. The molecule has 0 spiro atoms. The summed E-state index contributed by atoms with van der Waals surface area (Å²) in [5.74, 6) is 2.59. The van der Waals surface area contributed by atoms with Crippen LogP contribution in [0.15, 0.2) is 24.4 Å². The molecule has 0 N–H and O–H groups in total. The molecule has 1 heterocycles. The predicted octanol–water partition coefficient (Wildman–Crippen LogP) is 2.83. The standard InChI is InChI=1S/C10H8N2.2CH4/c1-3-8-4-5-10-9(6-8)7-12(2)11-10;;/h1,4-7H,2H3;2*1H4. The number of fused-ring (bicyclic) bond motifs is 1. The Hall–Kier alpha value is -1.75. The first-order valence-corrected chi connectivity index (χ1v) is 3.69. The van der Waals surface area contributed by atoms with Gasteiger partial charge in [0.05, 0.1) is 5.52 Å². The largest absolute Gasteiger partial charge is 0.275 e. The molecule has 2 nitrogen and oxygen atoms in total. The molecule has 74 valence electrons. The Balaban J connectivity index is 0.000000845. The van der Waals surface area contributed by atoms with E-state index in [1.165, 1.54) is 0 Å². The molecular formula is C12H16N2. The highest BCUT2D eigenvalue weighted by atomic mass is 15.2. The highest BCUT2D eigenvalue weighted by Crippen LogP contribution is 2.12. The minimum Gasteiger partial charge on any atom is -0.275 e. The summed E-state index contributed by atoms with van der Waals surface area (Å²) in [5.41, 5.74) is 1.88. The van der Waals surface area contributed by atoms with E-state index >= 15 is 0 Å². The van der Waals surface area contributed by atoms with Crippen molar-refractivity contribution in [2.45, 2.75) is 14.9 Å². The van der Waals surface area contributed by atoms with Crippen LogP contribution in [0.1, 0.15) is 20.4 Å². The van der Waals surface area contributed by atoms with Crippen LogP contribution in [0.25, 0.3) is 10.9 Å². The van der Waals surface area contributed by atoms with Gasteiger partial charge in [0.25, 0.3) is 0 Å². The lowest BCUT2D eigenvalue weighted by atomic mass is 10.2. The van der Waals surface area contributed by atoms with E-state index in [4.69, 9.17) is 6.42 Å². The van der Waals surface area contributed by atoms with Crippen molar-refractivity contribution in [2.24, 2.45) is 7.05 Å². The van der Waals surface area contributed by atoms with Crippen molar-refractivity contribution in [3.63, 3.8) is 0 Å². The second-order valence-electron chi connectivity index (χ2n) is 2.72. The molecule has 0 bridgehead atoms. The Bertz CT molecular complexity index is 461. The molecule has 0 saturated heterocycles. The first-order valence-electron chi connectivity index (χ1n) is 3.69. The first kappa shape index (κ1) is 12.2. The van der Waals surface area contributed by atoms with E-state index in [1.54, 1.807) is 4.68 Å². The molecule has 0 saturated carbocycles. The van der Waals surface area contributed by atoms with Crippen molar-refractivity contribution in [2.75, 3.05) is 0 Å². The Morgan fingerprint density at radius 1 is 1.36 bits per heavy atom. The Morgan fingerprint density at radius 3 is 2.71 bits per heavy atom. The number of nitrogens with zero attached hydrogens (tertiary/aromatic N) is 2. The van der Waals surface area contributed by atoms with E-state index in [2.05, 4.69) is 11.0 Å². The summed E-state index contributed by atoms with van der Waals surface area (Å²) in [6.45, 7) is 0. The van der Waals surface area contributed by atoms with E-state index in [-0.39, 0.29) is 14.9 Å². The summed E-state index contributed by atoms with van der Waals surface area (Å²) in [6.07, 6.45) is 7.22. The van der Waals surface area contributed by atoms with Crippen LogP contribution < -0.4 is 0 Å². The molecule has 0 aliphatic carbocycles. The van der Waals surface area contributed by atoms with Crippen LogP contribution in [0, 0.1) is 12.3 Å². The summed E-state index contributed by atoms with van der Waals surface area (Å²) in [4.78, 5) is 0. The average molecular weight is 188 g/mol. The molecule has 0 radical (unpaired) electrons. The molecule has 1 aromatic heterocycles. The molecule has 2 rings (SSSR count). The van der Waals surface area contributed by atoms with Crippen molar-refractivity contribution < 1.29 is 0 Å². The van der Waals surface area contributed by atoms with Gasteiger partial charge in [-0.1, -0.05) is 20.8 Å². The van der Waals surface area contributed by atoms with Crippen molar-refractivity contribution in [1.82, 2.24) is 9.78 Å². The van der Waals surface area contributed by atoms with E-state index in [1.807, 2.05) is 31.4 Å². The van der Waals surface area contributed by atoms with Gasteiger partial charge < -0.3 is 0 Å². The van der Waals surface area contributed by atoms with Crippen molar-refractivity contribution >= 4 is 10.9 Å². The van der Waals surface area contributed by atoms with Crippen LogP contribution in [0.4, 0.5) is 0 Å². The van der Waals surface area contributed by atoms with Gasteiger partial charge in [0.1, 0.15) is 0 Å². The number of aryl methyl sites for hydroxylation is 1.